The lowest BCUT2D eigenvalue weighted by atomic mass is 10.2. The molecular weight excluding hydrogens is 167 g/mol. The molecule has 0 amide bonds. The van der Waals surface area contributed by atoms with Gasteiger partial charge in [-0.25, -0.2) is 4.39 Å². The molecule has 0 bridgehead atoms. The molecule has 0 spiro atoms. The molecule has 2 nitrogen and oxygen atoms in total. The van der Waals surface area contributed by atoms with E-state index in [4.69, 9.17) is 5.73 Å². The fourth-order valence-electron chi connectivity index (χ4n) is 1.15. The number of rotatable bonds is 3. The molecule has 0 aromatic heterocycles. The monoisotopic (exact) mass is 182 g/mol. The molecule has 0 unspecified atom stereocenters. The predicted molar refractivity (Wildman–Crippen MR) is 53.2 cm³/mol. The van der Waals surface area contributed by atoms with Crippen LogP contribution in [0.5, 0.6) is 0 Å². The number of benzene rings is 1. The first-order chi connectivity index (χ1) is 6.17. The molecule has 13 heavy (non-hydrogen) atoms. The third-order valence-corrected chi connectivity index (χ3v) is 2.09. The highest BCUT2D eigenvalue weighted by Gasteiger charge is 2.02. The van der Waals surface area contributed by atoms with E-state index in [1.165, 1.54) is 12.1 Å². The van der Waals surface area contributed by atoms with E-state index < -0.39 is 0 Å². The molecule has 1 rings (SSSR count). The molecule has 1 aromatic rings. The van der Waals surface area contributed by atoms with Gasteiger partial charge in [-0.1, -0.05) is 0 Å². The molecule has 0 saturated carbocycles. The van der Waals surface area contributed by atoms with Crippen molar-refractivity contribution in [3.63, 3.8) is 0 Å². The van der Waals surface area contributed by atoms with Gasteiger partial charge in [0.25, 0.3) is 0 Å². The predicted octanol–water partition coefficient (Wildman–Crippen LogP) is 1.74. The van der Waals surface area contributed by atoms with Gasteiger partial charge in [0, 0.05) is 25.8 Å². The van der Waals surface area contributed by atoms with Gasteiger partial charge in [-0.05, 0) is 30.7 Å². The van der Waals surface area contributed by atoms with E-state index in [2.05, 4.69) is 0 Å². The van der Waals surface area contributed by atoms with Crippen LogP contribution in [-0.4, -0.2) is 13.6 Å². The molecule has 3 heteroatoms. The number of nitrogens with zero attached hydrogens (tertiary/aromatic N) is 1. The molecular formula is C10H15FN2. The van der Waals surface area contributed by atoms with E-state index in [0.29, 0.717) is 6.54 Å². The van der Waals surface area contributed by atoms with Crippen molar-refractivity contribution >= 4 is 5.69 Å². The maximum atomic E-state index is 13.0. The van der Waals surface area contributed by atoms with E-state index in [-0.39, 0.29) is 5.82 Å². The number of nitrogens with two attached hydrogens (primary N) is 1. The minimum atomic E-state index is -0.224. The minimum absolute atomic E-state index is 0.224. The van der Waals surface area contributed by atoms with Gasteiger partial charge in [0.05, 0.1) is 0 Å². The van der Waals surface area contributed by atoms with Gasteiger partial charge < -0.3 is 10.6 Å². The standard InChI is InChI=1S/C10H15FN2/c1-3-13(2)10-5-8(7-12)4-9(11)6-10/h4-6H,3,7,12H2,1-2H3. The lowest BCUT2D eigenvalue weighted by Crippen LogP contribution is -2.16. The van der Waals surface area contributed by atoms with Crippen LogP contribution in [0.2, 0.25) is 0 Å². The van der Waals surface area contributed by atoms with E-state index in [1.807, 2.05) is 24.9 Å². The fraction of sp³-hybridized carbons (Fsp3) is 0.400. The highest BCUT2D eigenvalue weighted by atomic mass is 19.1. The number of hydrogen-bond donors (Lipinski definition) is 1. The number of hydrogen-bond acceptors (Lipinski definition) is 2. The molecule has 72 valence electrons. The van der Waals surface area contributed by atoms with E-state index in [0.717, 1.165) is 17.8 Å². The zero-order valence-electron chi connectivity index (χ0n) is 8.05. The van der Waals surface area contributed by atoms with Crippen molar-refractivity contribution in [1.82, 2.24) is 0 Å². The topological polar surface area (TPSA) is 29.3 Å². The maximum absolute atomic E-state index is 13.0. The van der Waals surface area contributed by atoms with Crippen molar-refractivity contribution in [1.29, 1.82) is 0 Å². The Morgan fingerprint density at radius 1 is 1.38 bits per heavy atom. The quantitative estimate of drug-likeness (QED) is 0.771. The van der Waals surface area contributed by atoms with Crippen LogP contribution in [0.1, 0.15) is 12.5 Å². The van der Waals surface area contributed by atoms with Gasteiger partial charge in [-0.3, -0.25) is 0 Å². The van der Waals surface area contributed by atoms with Crippen LogP contribution in [0.3, 0.4) is 0 Å². The average Bonchev–Trinajstić information content (AvgIpc) is 2.15. The minimum Gasteiger partial charge on any atom is -0.375 e. The lowest BCUT2D eigenvalue weighted by Gasteiger charge is -2.17. The summed E-state index contributed by atoms with van der Waals surface area (Å²) in [6, 6.07) is 4.89. The van der Waals surface area contributed by atoms with Gasteiger partial charge in [-0.2, -0.15) is 0 Å². The second kappa shape index (κ2) is 4.23. The van der Waals surface area contributed by atoms with E-state index >= 15 is 0 Å². The largest absolute Gasteiger partial charge is 0.375 e. The van der Waals surface area contributed by atoms with Gasteiger partial charge >= 0.3 is 0 Å². The highest BCUT2D eigenvalue weighted by Crippen LogP contribution is 2.16. The smallest absolute Gasteiger partial charge is 0.125 e. The zero-order chi connectivity index (χ0) is 9.84. The Kier molecular flexibility index (Phi) is 3.25. The van der Waals surface area contributed by atoms with Crippen LogP contribution in [0, 0.1) is 5.82 Å². The van der Waals surface area contributed by atoms with Crippen LogP contribution in [0.4, 0.5) is 10.1 Å². The van der Waals surface area contributed by atoms with Gasteiger partial charge in [0.15, 0.2) is 0 Å². The molecule has 1 aromatic carbocycles. The maximum Gasteiger partial charge on any atom is 0.125 e. The zero-order valence-corrected chi connectivity index (χ0v) is 8.05. The summed E-state index contributed by atoms with van der Waals surface area (Å²) in [5, 5.41) is 0. The van der Waals surface area contributed by atoms with Crippen molar-refractivity contribution in [2.24, 2.45) is 5.73 Å². The third-order valence-electron chi connectivity index (χ3n) is 2.09. The SMILES string of the molecule is CCN(C)c1cc(F)cc(CN)c1. The first kappa shape index (κ1) is 9.99. The summed E-state index contributed by atoms with van der Waals surface area (Å²) in [4.78, 5) is 1.97. The highest BCUT2D eigenvalue weighted by molar-refractivity contribution is 5.48. The Balaban J connectivity index is 3.01. The summed E-state index contributed by atoms with van der Waals surface area (Å²) in [5.41, 5.74) is 7.15. The normalized spacial score (nSPS) is 10.2. The van der Waals surface area contributed by atoms with Crippen LogP contribution in [0.25, 0.3) is 0 Å². The van der Waals surface area contributed by atoms with Crippen molar-refractivity contribution < 1.29 is 4.39 Å². The lowest BCUT2D eigenvalue weighted by molar-refractivity contribution is 0.625. The van der Waals surface area contributed by atoms with Crippen LogP contribution in [-0.2, 0) is 6.54 Å². The summed E-state index contributed by atoms with van der Waals surface area (Å²) in [6.45, 7) is 3.25. The van der Waals surface area contributed by atoms with Crippen molar-refractivity contribution in [3.05, 3.63) is 29.6 Å². The van der Waals surface area contributed by atoms with E-state index in [1.54, 1.807) is 0 Å². The van der Waals surface area contributed by atoms with E-state index in [9.17, 15) is 4.39 Å². The second-order valence-electron chi connectivity index (χ2n) is 3.04. The second-order valence-corrected chi connectivity index (χ2v) is 3.04. The van der Waals surface area contributed by atoms with Gasteiger partial charge in [0.2, 0.25) is 0 Å². The Morgan fingerprint density at radius 2 is 2.08 bits per heavy atom. The van der Waals surface area contributed by atoms with Crippen molar-refractivity contribution in [2.75, 3.05) is 18.5 Å². The summed E-state index contributed by atoms with van der Waals surface area (Å²) < 4.78 is 13.0. The molecule has 0 radical (unpaired) electrons. The molecule has 0 atom stereocenters. The molecule has 0 aliphatic carbocycles. The summed E-state index contributed by atoms with van der Waals surface area (Å²) >= 11 is 0. The summed E-state index contributed by atoms with van der Waals surface area (Å²) in [7, 11) is 1.93. The van der Waals surface area contributed by atoms with Crippen LogP contribution < -0.4 is 10.6 Å². The Morgan fingerprint density at radius 3 is 2.62 bits per heavy atom. The molecule has 0 aliphatic rings. The first-order valence-corrected chi connectivity index (χ1v) is 4.38. The number of anilines is 1. The molecule has 0 aliphatic heterocycles. The summed E-state index contributed by atoms with van der Waals surface area (Å²) in [6.07, 6.45) is 0. The van der Waals surface area contributed by atoms with Crippen molar-refractivity contribution in [3.8, 4) is 0 Å². The van der Waals surface area contributed by atoms with Crippen LogP contribution in [0.15, 0.2) is 18.2 Å². The fourth-order valence-corrected chi connectivity index (χ4v) is 1.15. The Labute approximate surface area is 78.2 Å². The molecule has 0 saturated heterocycles. The van der Waals surface area contributed by atoms with Gasteiger partial charge in [0.1, 0.15) is 5.82 Å². The average molecular weight is 182 g/mol. The third kappa shape index (κ3) is 2.42. The Bertz CT molecular complexity index is 286. The van der Waals surface area contributed by atoms with Gasteiger partial charge in [-0.15, -0.1) is 0 Å². The summed E-state index contributed by atoms with van der Waals surface area (Å²) in [5.74, 6) is -0.224. The molecule has 0 heterocycles. The first-order valence-electron chi connectivity index (χ1n) is 4.38. The molecule has 0 fully saturated rings. The van der Waals surface area contributed by atoms with Crippen molar-refractivity contribution in [2.45, 2.75) is 13.5 Å². The molecule has 2 N–H and O–H groups in total. The van der Waals surface area contributed by atoms with Crippen LogP contribution >= 0.6 is 0 Å². The number of halogens is 1. The Hall–Kier alpha value is -1.09.